The third kappa shape index (κ3) is 5.46. The van der Waals surface area contributed by atoms with Crippen LogP contribution in [0.5, 0.6) is 0 Å². The van der Waals surface area contributed by atoms with Crippen LogP contribution in [0.15, 0.2) is 66.0 Å². The number of hydrogen-bond acceptors (Lipinski definition) is 5. The Kier molecular flexibility index (Phi) is 6.35. The van der Waals surface area contributed by atoms with Crippen molar-refractivity contribution >= 4 is 21.7 Å². The summed E-state index contributed by atoms with van der Waals surface area (Å²) in [5.41, 5.74) is 1.11. The zero-order valence-corrected chi connectivity index (χ0v) is 16.4. The second kappa shape index (κ2) is 8.93. The normalized spacial score (nSPS) is 12.5. The molecule has 0 radical (unpaired) electrons. The molecule has 0 aliphatic heterocycles. The van der Waals surface area contributed by atoms with Crippen molar-refractivity contribution in [2.24, 2.45) is 0 Å². The zero-order chi connectivity index (χ0) is 20.9. The molecule has 0 spiro atoms. The Bertz CT molecular complexity index is 1090. The molecule has 2 heterocycles. The number of benzene rings is 1. The number of amides is 1. The van der Waals surface area contributed by atoms with E-state index in [1.807, 2.05) is 12.1 Å². The molecule has 0 aliphatic rings. The number of aryl methyl sites for hydroxylation is 2. The Morgan fingerprint density at radius 3 is 2.62 bits per heavy atom. The van der Waals surface area contributed by atoms with Crippen LogP contribution in [0.3, 0.4) is 0 Å². The lowest BCUT2D eigenvalue weighted by Gasteiger charge is -2.14. The number of rotatable bonds is 8. The Labute approximate surface area is 167 Å². The molecule has 0 aliphatic carbocycles. The van der Waals surface area contributed by atoms with Gasteiger partial charge in [-0.1, -0.05) is 12.1 Å². The summed E-state index contributed by atoms with van der Waals surface area (Å²) in [6.07, 6.45) is 5.89. The molecule has 0 saturated heterocycles. The van der Waals surface area contributed by atoms with Gasteiger partial charge in [0.1, 0.15) is 10.7 Å². The molecule has 152 valence electrons. The molecule has 10 heteroatoms. The van der Waals surface area contributed by atoms with Gasteiger partial charge in [-0.2, -0.15) is 9.82 Å². The minimum atomic E-state index is -4.18. The third-order valence-corrected chi connectivity index (χ3v) is 5.70. The van der Waals surface area contributed by atoms with Gasteiger partial charge in [0.2, 0.25) is 15.9 Å². The van der Waals surface area contributed by atoms with Crippen molar-refractivity contribution in [1.29, 1.82) is 0 Å². The molecule has 2 aromatic heterocycles. The van der Waals surface area contributed by atoms with Crippen LogP contribution in [-0.4, -0.2) is 35.1 Å². The minimum Gasteiger partial charge on any atom is -0.308 e. The SMILES string of the molecule is C[C@H](NS(=O)(=O)c1ccccc1F)C(=O)Nc1ccn(CCc2ccncc2)n1. The van der Waals surface area contributed by atoms with E-state index >= 15 is 0 Å². The largest absolute Gasteiger partial charge is 0.308 e. The third-order valence-electron chi connectivity index (χ3n) is 4.12. The first-order valence-electron chi connectivity index (χ1n) is 8.85. The highest BCUT2D eigenvalue weighted by atomic mass is 32.2. The zero-order valence-electron chi connectivity index (χ0n) is 15.6. The maximum Gasteiger partial charge on any atom is 0.244 e. The summed E-state index contributed by atoms with van der Waals surface area (Å²) < 4.78 is 42.2. The molecule has 8 nitrogen and oxygen atoms in total. The van der Waals surface area contributed by atoms with Crippen LogP contribution in [0.2, 0.25) is 0 Å². The van der Waals surface area contributed by atoms with Gasteiger partial charge in [0.15, 0.2) is 5.82 Å². The van der Waals surface area contributed by atoms with E-state index in [4.69, 9.17) is 0 Å². The van der Waals surface area contributed by atoms with Gasteiger partial charge in [-0.25, -0.2) is 12.8 Å². The highest BCUT2D eigenvalue weighted by Gasteiger charge is 2.24. The summed E-state index contributed by atoms with van der Waals surface area (Å²) in [5.74, 6) is -1.20. The number of halogens is 1. The smallest absolute Gasteiger partial charge is 0.244 e. The number of nitrogens with one attached hydrogen (secondary N) is 2. The first kappa shape index (κ1) is 20.6. The lowest BCUT2D eigenvalue weighted by molar-refractivity contribution is -0.117. The monoisotopic (exact) mass is 417 g/mol. The fraction of sp³-hybridized carbons (Fsp3) is 0.211. The number of sulfonamides is 1. The topological polar surface area (TPSA) is 106 Å². The van der Waals surface area contributed by atoms with E-state index in [0.29, 0.717) is 12.4 Å². The van der Waals surface area contributed by atoms with E-state index < -0.39 is 32.7 Å². The molecule has 0 unspecified atom stereocenters. The second-order valence-corrected chi connectivity index (χ2v) is 8.01. The maximum absolute atomic E-state index is 13.7. The molecule has 0 fully saturated rings. The number of anilines is 1. The average Bonchev–Trinajstić information content (AvgIpc) is 3.14. The molecule has 3 rings (SSSR count). The standard InChI is InChI=1S/C19H20FN5O3S/c1-14(24-29(27,28)17-5-3-2-4-16(17)20)19(26)22-18-9-13-25(23-18)12-8-15-6-10-21-11-7-15/h2-7,9-11,13-14,24H,8,12H2,1H3,(H,22,23,26)/t14-/m0/s1. The summed E-state index contributed by atoms with van der Waals surface area (Å²) in [6.45, 7) is 1.98. The van der Waals surface area contributed by atoms with Gasteiger partial charge in [0.25, 0.3) is 0 Å². The molecular weight excluding hydrogens is 397 g/mol. The number of hydrogen-bond donors (Lipinski definition) is 2. The predicted octanol–water partition coefficient (Wildman–Crippen LogP) is 1.97. The summed E-state index contributed by atoms with van der Waals surface area (Å²) in [6, 6.07) is 9.27. The van der Waals surface area contributed by atoms with Gasteiger partial charge < -0.3 is 5.32 Å². The number of aromatic nitrogens is 3. The van der Waals surface area contributed by atoms with Gasteiger partial charge in [-0.15, -0.1) is 0 Å². The van der Waals surface area contributed by atoms with Crippen LogP contribution in [0.25, 0.3) is 0 Å². The van der Waals surface area contributed by atoms with Gasteiger partial charge in [0.05, 0.1) is 6.04 Å². The fourth-order valence-corrected chi connectivity index (χ4v) is 3.87. The van der Waals surface area contributed by atoms with Gasteiger partial charge in [-0.3, -0.25) is 14.5 Å². The summed E-state index contributed by atoms with van der Waals surface area (Å²) >= 11 is 0. The number of carbonyl (C=O) groups is 1. The molecule has 0 bridgehead atoms. The van der Waals surface area contributed by atoms with Gasteiger partial charge in [-0.05, 0) is 43.2 Å². The highest BCUT2D eigenvalue weighted by Crippen LogP contribution is 2.14. The summed E-state index contributed by atoms with van der Waals surface area (Å²) in [5, 5.41) is 6.80. The average molecular weight is 417 g/mol. The summed E-state index contributed by atoms with van der Waals surface area (Å²) in [4.78, 5) is 15.8. The van der Waals surface area contributed by atoms with E-state index in [-0.39, 0.29) is 0 Å². The van der Waals surface area contributed by atoms with Crippen LogP contribution < -0.4 is 10.0 Å². The number of carbonyl (C=O) groups excluding carboxylic acids is 1. The van der Waals surface area contributed by atoms with Crippen molar-refractivity contribution < 1.29 is 17.6 Å². The van der Waals surface area contributed by atoms with Crippen LogP contribution in [-0.2, 0) is 27.8 Å². The lowest BCUT2D eigenvalue weighted by Crippen LogP contribution is -2.41. The molecule has 0 saturated carbocycles. The predicted molar refractivity (Wildman–Crippen MR) is 105 cm³/mol. The first-order valence-corrected chi connectivity index (χ1v) is 10.3. The van der Waals surface area contributed by atoms with Crippen LogP contribution in [0, 0.1) is 5.82 Å². The van der Waals surface area contributed by atoms with E-state index in [0.717, 1.165) is 24.1 Å². The Hall–Kier alpha value is -3.11. The molecule has 3 aromatic rings. The van der Waals surface area contributed by atoms with Gasteiger partial charge >= 0.3 is 0 Å². The van der Waals surface area contributed by atoms with Gasteiger partial charge in [0, 0.05) is 31.2 Å². The minimum absolute atomic E-state index is 0.293. The molecule has 1 atom stereocenters. The Morgan fingerprint density at radius 1 is 1.17 bits per heavy atom. The maximum atomic E-state index is 13.7. The van der Waals surface area contributed by atoms with Crippen molar-refractivity contribution in [2.45, 2.75) is 30.8 Å². The molecule has 2 N–H and O–H groups in total. The van der Waals surface area contributed by atoms with Crippen LogP contribution >= 0.6 is 0 Å². The van der Waals surface area contributed by atoms with E-state index in [1.54, 1.807) is 29.3 Å². The van der Waals surface area contributed by atoms with E-state index in [9.17, 15) is 17.6 Å². The first-order chi connectivity index (χ1) is 13.8. The molecular formula is C19H20FN5O3S. The van der Waals surface area contributed by atoms with Crippen molar-refractivity contribution in [1.82, 2.24) is 19.5 Å². The Morgan fingerprint density at radius 2 is 1.90 bits per heavy atom. The van der Waals surface area contributed by atoms with Crippen molar-refractivity contribution in [3.63, 3.8) is 0 Å². The molecule has 1 aromatic carbocycles. The quantitative estimate of drug-likeness (QED) is 0.583. The van der Waals surface area contributed by atoms with Crippen molar-refractivity contribution in [3.05, 3.63) is 72.4 Å². The Balaban J connectivity index is 1.57. The molecule has 1 amide bonds. The van der Waals surface area contributed by atoms with E-state index in [1.165, 1.54) is 19.1 Å². The second-order valence-electron chi connectivity index (χ2n) is 6.33. The highest BCUT2D eigenvalue weighted by molar-refractivity contribution is 7.89. The van der Waals surface area contributed by atoms with Crippen LogP contribution in [0.1, 0.15) is 12.5 Å². The van der Waals surface area contributed by atoms with Crippen molar-refractivity contribution in [3.8, 4) is 0 Å². The van der Waals surface area contributed by atoms with E-state index in [2.05, 4.69) is 20.1 Å². The van der Waals surface area contributed by atoms with Crippen molar-refractivity contribution in [2.75, 3.05) is 5.32 Å². The van der Waals surface area contributed by atoms with Crippen LogP contribution in [0.4, 0.5) is 10.2 Å². The number of nitrogens with zero attached hydrogens (tertiary/aromatic N) is 3. The summed E-state index contributed by atoms with van der Waals surface area (Å²) in [7, 11) is -4.18. The number of pyridine rings is 1. The lowest BCUT2D eigenvalue weighted by atomic mass is 10.2. The fourth-order valence-electron chi connectivity index (χ4n) is 2.59. The molecule has 29 heavy (non-hydrogen) atoms.